The molecule has 0 radical (unpaired) electrons. The summed E-state index contributed by atoms with van der Waals surface area (Å²) >= 11 is 1.47. The molecular formula is C21H24N4O2S. The minimum atomic E-state index is 0.158. The molecule has 0 spiro atoms. The first-order valence-electron chi connectivity index (χ1n) is 9.91. The molecule has 2 saturated carbocycles. The van der Waals surface area contributed by atoms with E-state index in [1.165, 1.54) is 30.3 Å². The summed E-state index contributed by atoms with van der Waals surface area (Å²) in [6.45, 7) is 4.77. The number of Topliss-reactive ketones (excluding diaryl/α,β-unsaturated/α-hetero) is 1. The fourth-order valence-corrected chi connectivity index (χ4v) is 4.75. The van der Waals surface area contributed by atoms with Crippen LogP contribution in [0.25, 0.3) is 0 Å². The molecule has 3 heterocycles. The number of aromatic nitrogens is 4. The largest absolute Gasteiger partial charge is 0.467 e. The Kier molecular flexibility index (Phi) is 4.42. The molecule has 0 bridgehead atoms. The number of carbonyl (C=O) groups is 1. The summed E-state index contributed by atoms with van der Waals surface area (Å²) in [6.07, 6.45) is 6.44. The summed E-state index contributed by atoms with van der Waals surface area (Å²) in [5.41, 5.74) is 3.13. The quantitative estimate of drug-likeness (QED) is 0.414. The molecule has 5 rings (SSSR count). The molecule has 146 valence electrons. The Morgan fingerprint density at radius 1 is 1.25 bits per heavy atom. The zero-order valence-corrected chi connectivity index (χ0v) is 17.0. The summed E-state index contributed by atoms with van der Waals surface area (Å²) in [5.74, 6) is 2.91. The van der Waals surface area contributed by atoms with Crippen LogP contribution in [0.1, 0.15) is 71.0 Å². The second kappa shape index (κ2) is 6.95. The van der Waals surface area contributed by atoms with Gasteiger partial charge in [0.1, 0.15) is 11.6 Å². The highest BCUT2D eigenvalue weighted by Gasteiger charge is 2.31. The smallest absolute Gasteiger partial charge is 0.192 e. The predicted octanol–water partition coefficient (Wildman–Crippen LogP) is 4.53. The second-order valence-corrected chi connectivity index (χ2v) is 8.82. The monoisotopic (exact) mass is 396 g/mol. The van der Waals surface area contributed by atoms with Crippen LogP contribution in [0.2, 0.25) is 0 Å². The van der Waals surface area contributed by atoms with Crippen LogP contribution in [0.4, 0.5) is 0 Å². The lowest BCUT2D eigenvalue weighted by Gasteiger charge is -2.09. The van der Waals surface area contributed by atoms with Crippen LogP contribution in [0, 0.1) is 13.8 Å². The van der Waals surface area contributed by atoms with Gasteiger partial charge in [0, 0.05) is 28.9 Å². The van der Waals surface area contributed by atoms with Crippen molar-refractivity contribution in [2.24, 2.45) is 0 Å². The third-order valence-electron chi connectivity index (χ3n) is 5.61. The molecule has 7 heteroatoms. The fraction of sp³-hybridized carbons (Fsp3) is 0.476. The summed E-state index contributed by atoms with van der Waals surface area (Å²) in [6, 6.07) is 6.48. The number of rotatable bonds is 8. The third-order valence-corrected chi connectivity index (χ3v) is 6.58. The number of hydrogen-bond donors (Lipinski definition) is 0. The van der Waals surface area contributed by atoms with Gasteiger partial charge in [0.05, 0.1) is 18.6 Å². The molecule has 0 saturated heterocycles. The molecular weight excluding hydrogens is 372 g/mol. The number of aryl methyl sites for hydroxylation is 1. The van der Waals surface area contributed by atoms with Crippen molar-refractivity contribution in [1.82, 2.24) is 19.3 Å². The van der Waals surface area contributed by atoms with Crippen molar-refractivity contribution in [1.29, 1.82) is 0 Å². The van der Waals surface area contributed by atoms with Crippen LogP contribution >= 0.6 is 11.8 Å². The van der Waals surface area contributed by atoms with Crippen molar-refractivity contribution < 1.29 is 9.21 Å². The molecule has 2 fully saturated rings. The van der Waals surface area contributed by atoms with Crippen molar-refractivity contribution in [3.05, 3.63) is 53.0 Å². The molecule has 28 heavy (non-hydrogen) atoms. The standard InChI is InChI=1S/C21H24N4O2S/c1-13-10-18(14(2)25(13)16-7-8-16)19(26)12-28-21-23-22-20(15-5-6-15)24(21)11-17-4-3-9-27-17/h3-4,9-10,15-16H,5-8,11-12H2,1-2H3. The number of hydrogen-bond acceptors (Lipinski definition) is 5. The van der Waals surface area contributed by atoms with Crippen molar-refractivity contribution in [2.75, 3.05) is 5.75 Å². The summed E-state index contributed by atoms with van der Waals surface area (Å²) in [5, 5.41) is 9.59. The Morgan fingerprint density at radius 2 is 2.07 bits per heavy atom. The fourth-order valence-electron chi connectivity index (χ4n) is 3.92. The van der Waals surface area contributed by atoms with E-state index in [0.717, 1.165) is 40.8 Å². The number of furan rings is 1. The van der Waals surface area contributed by atoms with Gasteiger partial charge in [-0.1, -0.05) is 11.8 Å². The lowest BCUT2D eigenvalue weighted by molar-refractivity contribution is 0.102. The Balaban J connectivity index is 1.34. The van der Waals surface area contributed by atoms with Crippen LogP contribution in [0.3, 0.4) is 0 Å². The van der Waals surface area contributed by atoms with Crippen LogP contribution in [0.5, 0.6) is 0 Å². The van der Waals surface area contributed by atoms with Gasteiger partial charge < -0.3 is 8.98 Å². The van der Waals surface area contributed by atoms with Gasteiger partial charge >= 0.3 is 0 Å². The van der Waals surface area contributed by atoms with E-state index in [1.807, 2.05) is 18.2 Å². The SMILES string of the molecule is Cc1cc(C(=O)CSc2nnc(C3CC3)n2Cc2ccco2)c(C)n1C1CC1. The highest BCUT2D eigenvalue weighted by Crippen LogP contribution is 2.41. The van der Waals surface area contributed by atoms with Crippen LogP contribution in [0.15, 0.2) is 34.0 Å². The average Bonchev–Trinajstić information content (AvgIpc) is 3.59. The van der Waals surface area contributed by atoms with Crippen molar-refractivity contribution >= 4 is 17.5 Å². The first-order valence-corrected chi connectivity index (χ1v) is 10.9. The van der Waals surface area contributed by atoms with E-state index in [-0.39, 0.29) is 5.78 Å². The predicted molar refractivity (Wildman–Crippen MR) is 107 cm³/mol. The minimum Gasteiger partial charge on any atom is -0.467 e. The van der Waals surface area contributed by atoms with Gasteiger partial charge in [0.15, 0.2) is 10.9 Å². The second-order valence-electron chi connectivity index (χ2n) is 7.88. The van der Waals surface area contributed by atoms with Crippen LogP contribution in [-0.4, -0.2) is 30.9 Å². The van der Waals surface area contributed by atoms with E-state index in [2.05, 4.69) is 33.2 Å². The van der Waals surface area contributed by atoms with E-state index < -0.39 is 0 Å². The maximum Gasteiger partial charge on any atom is 0.192 e. The van der Waals surface area contributed by atoms with Gasteiger partial charge in [-0.25, -0.2) is 0 Å². The molecule has 2 aliphatic carbocycles. The first-order chi connectivity index (χ1) is 13.6. The Labute approximate surface area is 168 Å². The third kappa shape index (κ3) is 3.32. The summed E-state index contributed by atoms with van der Waals surface area (Å²) in [4.78, 5) is 12.9. The van der Waals surface area contributed by atoms with Gasteiger partial charge in [-0.3, -0.25) is 9.36 Å². The van der Waals surface area contributed by atoms with Crippen molar-refractivity contribution in [3.63, 3.8) is 0 Å². The van der Waals surface area contributed by atoms with E-state index >= 15 is 0 Å². The maximum absolute atomic E-state index is 12.9. The van der Waals surface area contributed by atoms with Gasteiger partial charge in [-0.2, -0.15) is 0 Å². The van der Waals surface area contributed by atoms with E-state index in [9.17, 15) is 4.79 Å². The number of carbonyl (C=O) groups excluding carboxylic acids is 1. The van der Waals surface area contributed by atoms with Crippen LogP contribution < -0.4 is 0 Å². The molecule has 6 nitrogen and oxygen atoms in total. The minimum absolute atomic E-state index is 0.158. The molecule has 0 atom stereocenters. The Morgan fingerprint density at radius 3 is 2.75 bits per heavy atom. The van der Waals surface area contributed by atoms with Gasteiger partial charge in [0.2, 0.25) is 0 Å². The van der Waals surface area contributed by atoms with Crippen molar-refractivity contribution in [2.45, 2.75) is 63.2 Å². The maximum atomic E-state index is 12.9. The van der Waals surface area contributed by atoms with Gasteiger partial charge in [-0.15, -0.1) is 10.2 Å². The topological polar surface area (TPSA) is 65.8 Å². The molecule has 0 amide bonds. The van der Waals surface area contributed by atoms with Gasteiger partial charge in [-0.05, 0) is 57.7 Å². The molecule has 3 aromatic rings. The highest BCUT2D eigenvalue weighted by molar-refractivity contribution is 7.99. The lowest BCUT2D eigenvalue weighted by atomic mass is 10.2. The molecule has 0 aliphatic heterocycles. The zero-order chi connectivity index (χ0) is 19.3. The summed E-state index contributed by atoms with van der Waals surface area (Å²) < 4.78 is 9.95. The van der Waals surface area contributed by atoms with Crippen molar-refractivity contribution in [3.8, 4) is 0 Å². The normalized spacial score (nSPS) is 16.6. The Bertz CT molecular complexity index is 1010. The molecule has 2 aliphatic rings. The average molecular weight is 397 g/mol. The Hall–Kier alpha value is -2.28. The van der Waals surface area contributed by atoms with E-state index in [4.69, 9.17) is 4.42 Å². The molecule has 0 aromatic carbocycles. The first kappa shape index (κ1) is 17.8. The number of ketones is 1. The molecule has 0 unspecified atom stereocenters. The van der Waals surface area contributed by atoms with Crippen LogP contribution in [-0.2, 0) is 6.54 Å². The van der Waals surface area contributed by atoms with E-state index in [0.29, 0.717) is 24.3 Å². The zero-order valence-electron chi connectivity index (χ0n) is 16.2. The number of nitrogens with zero attached hydrogens (tertiary/aromatic N) is 4. The number of thioether (sulfide) groups is 1. The molecule has 3 aromatic heterocycles. The summed E-state index contributed by atoms with van der Waals surface area (Å²) in [7, 11) is 0. The van der Waals surface area contributed by atoms with E-state index in [1.54, 1.807) is 6.26 Å². The highest BCUT2D eigenvalue weighted by atomic mass is 32.2. The van der Waals surface area contributed by atoms with Gasteiger partial charge in [0.25, 0.3) is 0 Å². The molecule has 0 N–H and O–H groups in total. The lowest BCUT2D eigenvalue weighted by Crippen LogP contribution is -2.08.